The van der Waals surface area contributed by atoms with Gasteiger partial charge in [0, 0.05) is 36.8 Å². The number of benzene rings is 3. The zero-order valence-electron chi connectivity index (χ0n) is 26.1. The van der Waals surface area contributed by atoms with Gasteiger partial charge in [-0.2, -0.15) is 0 Å². The van der Waals surface area contributed by atoms with E-state index in [-0.39, 0.29) is 17.2 Å². The number of amides is 1. The average molecular weight is 631 g/mol. The summed E-state index contributed by atoms with van der Waals surface area (Å²) in [5.74, 6) is 1.15. The molecule has 5 rings (SSSR count). The zero-order chi connectivity index (χ0) is 32.0. The van der Waals surface area contributed by atoms with Crippen LogP contribution in [0.4, 0.5) is 0 Å². The molecule has 0 saturated carbocycles. The highest BCUT2D eigenvalue weighted by Gasteiger charge is 2.30. The minimum absolute atomic E-state index is 0.0336. The maximum atomic E-state index is 12.5. The van der Waals surface area contributed by atoms with Gasteiger partial charge in [-0.1, -0.05) is 49.4 Å². The summed E-state index contributed by atoms with van der Waals surface area (Å²) in [7, 11) is -0.637. The van der Waals surface area contributed by atoms with Gasteiger partial charge < -0.3 is 19.1 Å². The standard InChI is InChI=1S/C36H42N2O6S/c1-4-32-33(43-2)21-29(22-34(32)44-3)36(40)30(20-26-18-27-10-8-9-11-28(27)19-26)24-38-17-16-25(23-38)14-15-35(39)37-45(41,42)31-12-6-5-7-13-31/h5-13,16-17,21-23,26,30,36,40H,4,14-15,18-20,24H2,1-3H3,(H,37,39)/t30-,36-/m1/s1. The first kappa shape index (κ1) is 32.3. The van der Waals surface area contributed by atoms with E-state index in [9.17, 15) is 18.3 Å². The van der Waals surface area contributed by atoms with Crippen LogP contribution in [-0.4, -0.2) is 38.2 Å². The Kier molecular flexibility index (Phi) is 10.3. The van der Waals surface area contributed by atoms with Gasteiger partial charge >= 0.3 is 0 Å². The number of nitrogens with one attached hydrogen (secondary N) is 1. The molecule has 1 aromatic heterocycles. The summed E-state index contributed by atoms with van der Waals surface area (Å²) in [6, 6.07) is 22.2. The van der Waals surface area contributed by atoms with Crippen molar-refractivity contribution in [2.24, 2.45) is 11.8 Å². The van der Waals surface area contributed by atoms with E-state index >= 15 is 0 Å². The predicted octanol–water partition coefficient (Wildman–Crippen LogP) is 5.66. The van der Waals surface area contributed by atoms with Gasteiger partial charge in [-0.05, 0) is 90.6 Å². The van der Waals surface area contributed by atoms with Gasteiger partial charge in [0.1, 0.15) is 11.5 Å². The molecule has 4 aromatic rings. The Morgan fingerprint density at radius 2 is 1.60 bits per heavy atom. The molecule has 0 unspecified atom stereocenters. The maximum absolute atomic E-state index is 12.5. The van der Waals surface area contributed by atoms with Crippen LogP contribution in [0.25, 0.3) is 0 Å². The van der Waals surface area contributed by atoms with Gasteiger partial charge in [0.05, 0.1) is 25.2 Å². The molecule has 2 N–H and O–H groups in total. The third-order valence-electron chi connectivity index (χ3n) is 8.74. The lowest BCUT2D eigenvalue weighted by molar-refractivity contribution is -0.119. The molecule has 1 amide bonds. The van der Waals surface area contributed by atoms with E-state index < -0.39 is 22.0 Å². The quantitative estimate of drug-likeness (QED) is 0.186. The van der Waals surface area contributed by atoms with E-state index in [0.717, 1.165) is 42.4 Å². The normalized spacial score (nSPS) is 14.5. The smallest absolute Gasteiger partial charge is 0.264 e. The number of ether oxygens (including phenoxy) is 2. The van der Waals surface area contributed by atoms with Crippen molar-refractivity contribution in [1.82, 2.24) is 9.29 Å². The van der Waals surface area contributed by atoms with Gasteiger partial charge in [0.25, 0.3) is 10.0 Å². The van der Waals surface area contributed by atoms with Crippen LogP contribution in [0.5, 0.6) is 11.5 Å². The van der Waals surface area contributed by atoms with Crippen molar-refractivity contribution in [3.05, 3.63) is 113 Å². The van der Waals surface area contributed by atoms with Crippen LogP contribution in [0.15, 0.2) is 90.1 Å². The fourth-order valence-electron chi connectivity index (χ4n) is 6.48. The minimum Gasteiger partial charge on any atom is -0.496 e. The van der Waals surface area contributed by atoms with Crippen LogP contribution in [0.3, 0.4) is 0 Å². The maximum Gasteiger partial charge on any atom is 0.264 e. The highest BCUT2D eigenvalue weighted by atomic mass is 32.2. The largest absolute Gasteiger partial charge is 0.496 e. The Morgan fingerprint density at radius 3 is 2.20 bits per heavy atom. The second kappa shape index (κ2) is 14.3. The highest BCUT2D eigenvalue weighted by Crippen LogP contribution is 2.39. The Balaban J connectivity index is 1.30. The zero-order valence-corrected chi connectivity index (χ0v) is 26.9. The van der Waals surface area contributed by atoms with Gasteiger partial charge in [0.15, 0.2) is 0 Å². The predicted molar refractivity (Wildman–Crippen MR) is 174 cm³/mol. The van der Waals surface area contributed by atoms with Crippen molar-refractivity contribution in [1.29, 1.82) is 0 Å². The van der Waals surface area contributed by atoms with Crippen molar-refractivity contribution in [3.63, 3.8) is 0 Å². The molecule has 238 valence electrons. The number of methoxy groups -OCH3 is 2. The Hall–Kier alpha value is -4.08. The molecular formula is C36H42N2O6S. The van der Waals surface area contributed by atoms with Crippen molar-refractivity contribution < 1.29 is 27.8 Å². The number of hydrogen-bond donors (Lipinski definition) is 2. The van der Waals surface area contributed by atoms with Crippen LogP contribution in [0.1, 0.15) is 53.7 Å². The molecule has 0 saturated heterocycles. The molecule has 1 aliphatic carbocycles. The highest BCUT2D eigenvalue weighted by molar-refractivity contribution is 7.90. The Labute approximate surface area is 266 Å². The van der Waals surface area contributed by atoms with Crippen LogP contribution in [-0.2, 0) is 47.0 Å². The Morgan fingerprint density at radius 1 is 0.978 bits per heavy atom. The summed E-state index contributed by atoms with van der Waals surface area (Å²) in [4.78, 5) is 12.6. The molecule has 0 radical (unpaired) electrons. The molecule has 3 aromatic carbocycles. The average Bonchev–Trinajstić information content (AvgIpc) is 3.68. The first-order valence-electron chi connectivity index (χ1n) is 15.5. The molecule has 1 heterocycles. The van der Waals surface area contributed by atoms with E-state index in [2.05, 4.69) is 33.6 Å². The van der Waals surface area contributed by atoms with Gasteiger partial charge in [-0.3, -0.25) is 4.79 Å². The van der Waals surface area contributed by atoms with Crippen molar-refractivity contribution in [2.75, 3.05) is 14.2 Å². The monoisotopic (exact) mass is 630 g/mol. The van der Waals surface area contributed by atoms with E-state index in [1.165, 1.54) is 23.3 Å². The number of carbonyl (C=O) groups excluding carboxylic acids is 1. The molecule has 0 spiro atoms. The number of aromatic nitrogens is 1. The van der Waals surface area contributed by atoms with Crippen LogP contribution in [0.2, 0.25) is 0 Å². The summed E-state index contributed by atoms with van der Waals surface area (Å²) in [5, 5.41) is 11.9. The molecular weight excluding hydrogens is 588 g/mol. The second-order valence-electron chi connectivity index (χ2n) is 11.8. The molecule has 2 atom stereocenters. The lowest BCUT2D eigenvalue weighted by Crippen LogP contribution is -2.30. The number of sulfonamides is 1. The lowest BCUT2D eigenvalue weighted by atomic mass is 9.85. The molecule has 9 heteroatoms. The summed E-state index contributed by atoms with van der Waals surface area (Å²) >= 11 is 0. The second-order valence-corrected chi connectivity index (χ2v) is 13.5. The number of nitrogens with zero attached hydrogens (tertiary/aromatic N) is 1. The molecule has 8 nitrogen and oxygen atoms in total. The summed E-state index contributed by atoms with van der Waals surface area (Å²) in [6.07, 6.45) is 7.13. The van der Waals surface area contributed by atoms with Gasteiger partial charge in [-0.15, -0.1) is 0 Å². The third kappa shape index (κ3) is 7.78. The van der Waals surface area contributed by atoms with Crippen LogP contribution < -0.4 is 14.2 Å². The molecule has 1 aliphatic rings. The molecule has 0 aliphatic heterocycles. The lowest BCUT2D eigenvalue weighted by Gasteiger charge is -2.27. The number of aliphatic hydroxyl groups excluding tert-OH is 1. The van der Waals surface area contributed by atoms with E-state index in [4.69, 9.17) is 9.47 Å². The SMILES string of the molecule is CCc1c(OC)cc([C@@H](O)[C@H](CC2Cc3ccccc3C2)Cn2ccc(CCC(=O)NS(=O)(=O)c3ccccc3)c2)cc1OC. The van der Waals surface area contributed by atoms with E-state index in [1.807, 2.05) is 37.5 Å². The molecule has 0 bridgehead atoms. The van der Waals surface area contributed by atoms with Crippen molar-refractivity contribution in [3.8, 4) is 11.5 Å². The topological polar surface area (TPSA) is 107 Å². The molecule has 45 heavy (non-hydrogen) atoms. The van der Waals surface area contributed by atoms with Crippen molar-refractivity contribution in [2.45, 2.75) is 63.0 Å². The van der Waals surface area contributed by atoms with Gasteiger partial charge in [0.2, 0.25) is 5.91 Å². The first-order valence-corrected chi connectivity index (χ1v) is 16.9. The number of aryl methyl sites for hydroxylation is 1. The third-order valence-corrected chi connectivity index (χ3v) is 10.1. The number of rotatable bonds is 14. The fourth-order valence-corrected chi connectivity index (χ4v) is 7.52. The van der Waals surface area contributed by atoms with E-state index in [0.29, 0.717) is 30.4 Å². The number of fused-ring (bicyclic) bond motifs is 1. The van der Waals surface area contributed by atoms with Crippen LogP contribution in [0, 0.1) is 11.8 Å². The summed E-state index contributed by atoms with van der Waals surface area (Å²) < 4.78 is 40.6. The number of aliphatic hydroxyl groups is 1. The summed E-state index contributed by atoms with van der Waals surface area (Å²) in [6.45, 7) is 2.62. The first-order chi connectivity index (χ1) is 21.7. The van der Waals surface area contributed by atoms with Gasteiger partial charge in [-0.25, -0.2) is 13.1 Å². The summed E-state index contributed by atoms with van der Waals surface area (Å²) in [5.41, 5.74) is 5.39. The molecule has 0 fully saturated rings. The van der Waals surface area contributed by atoms with Crippen molar-refractivity contribution >= 4 is 15.9 Å². The Bertz CT molecular complexity index is 1670. The minimum atomic E-state index is -3.91. The number of hydrogen-bond acceptors (Lipinski definition) is 6. The van der Waals surface area contributed by atoms with E-state index in [1.54, 1.807) is 32.4 Å². The fraction of sp³-hybridized carbons (Fsp3) is 0.361. The number of carbonyl (C=O) groups is 1. The van der Waals surface area contributed by atoms with Crippen LogP contribution >= 0.6 is 0 Å².